The molecular formula is C27H30ClF3N4O. The van der Waals surface area contributed by atoms with Gasteiger partial charge in [0.1, 0.15) is 5.69 Å². The number of nitrogens with one attached hydrogen (secondary N) is 1. The minimum Gasteiger partial charge on any atom is -0.384 e. The van der Waals surface area contributed by atoms with E-state index in [-0.39, 0.29) is 29.2 Å². The molecule has 0 saturated heterocycles. The number of nitrogens with zero attached hydrogens (tertiary/aromatic N) is 3. The van der Waals surface area contributed by atoms with Crippen LogP contribution in [0.3, 0.4) is 0 Å². The minimum absolute atomic E-state index is 0.148. The first kappa shape index (κ1) is 26.2. The summed E-state index contributed by atoms with van der Waals surface area (Å²) in [5.41, 5.74) is 1.28. The Bertz CT molecular complexity index is 1280. The predicted octanol–water partition coefficient (Wildman–Crippen LogP) is 7.50. The Morgan fingerprint density at radius 3 is 2.78 bits per heavy atom. The van der Waals surface area contributed by atoms with E-state index >= 15 is 0 Å². The molecule has 0 spiro atoms. The number of halogens is 4. The first-order chi connectivity index (χ1) is 17.0. The van der Waals surface area contributed by atoms with Crippen molar-refractivity contribution in [3.05, 3.63) is 58.5 Å². The SMILES string of the molecule is CC(C)c1cn(C)cc1C(=O)N=CC1CCCC(CNc2cc(C(F)(F)F)nc3ccc(Cl)cc23)C1. The van der Waals surface area contributed by atoms with E-state index in [4.69, 9.17) is 11.6 Å². The standard InChI is InChI=1S/C27H30ClF3N4O/c1-16(2)21-14-35(3)15-22(21)26(36)33-13-18-6-4-5-17(9-18)12-32-24-11-25(27(29,30)31)34-23-8-7-19(28)10-20(23)24/h7-8,10-11,13-18H,4-6,9,12H2,1-3H3,(H,32,34). The maximum Gasteiger partial charge on any atom is 0.433 e. The summed E-state index contributed by atoms with van der Waals surface area (Å²) in [5.74, 6) is 0.377. The van der Waals surface area contributed by atoms with Crippen molar-refractivity contribution in [3.8, 4) is 0 Å². The van der Waals surface area contributed by atoms with Crippen LogP contribution in [0.25, 0.3) is 10.9 Å². The number of aromatic nitrogens is 2. The number of amides is 1. The van der Waals surface area contributed by atoms with Gasteiger partial charge in [-0.1, -0.05) is 31.9 Å². The summed E-state index contributed by atoms with van der Waals surface area (Å²) in [5, 5.41) is 4.21. The number of benzene rings is 1. The molecule has 36 heavy (non-hydrogen) atoms. The molecule has 2 heterocycles. The highest BCUT2D eigenvalue weighted by Crippen LogP contribution is 2.35. The number of alkyl halides is 3. The zero-order valence-electron chi connectivity index (χ0n) is 20.6. The van der Waals surface area contributed by atoms with E-state index in [2.05, 4.69) is 15.3 Å². The van der Waals surface area contributed by atoms with Gasteiger partial charge >= 0.3 is 6.18 Å². The predicted molar refractivity (Wildman–Crippen MR) is 138 cm³/mol. The fraction of sp³-hybridized carbons (Fsp3) is 0.444. The van der Waals surface area contributed by atoms with Gasteiger partial charge in [-0.25, -0.2) is 9.98 Å². The molecule has 2 aromatic heterocycles. The molecule has 1 N–H and O–H groups in total. The average Bonchev–Trinajstić information content (AvgIpc) is 3.23. The van der Waals surface area contributed by atoms with Crippen molar-refractivity contribution in [2.45, 2.75) is 51.6 Å². The van der Waals surface area contributed by atoms with Gasteiger partial charge in [-0.3, -0.25) is 4.79 Å². The van der Waals surface area contributed by atoms with Crippen LogP contribution in [0.4, 0.5) is 18.9 Å². The van der Waals surface area contributed by atoms with Gasteiger partial charge in [0, 0.05) is 48.3 Å². The largest absolute Gasteiger partial charge is 0.433 e. The van der Waals surface area contributed by atoms with Crippen molar-refractivity contribution in [2.75, 3.05) is 11.9 Å². The highest BCUT2D eigenvalue weighted by atomic mass is 35.5. The molecule has 1 aromatic carbocycles. The maximum absolute atomic E-state index is 13.4. The van der Waals surface area contributed by atoms with Crippen LogP contribution in [0.1, 0.15) is 67.1 Å². The maximum atomic E-state index is 13.4. The van der Waals surface area contributed by atoms with Gasteiger partial charge in [0.2, 0.25) is 0 Å². The molecule has 2 atom stereocenters. The smallest absolute Gasteiger partial charge is 0.384 e. The Balaban J connectivity index is 1.45. The van der Waals surface area contributed by atoms with Gasteiger partial charge in [0.05, 0.1) is 11.1 Å². The third-order valence-electron chi connectivity index (χ3n) is 6.71. The summed E-state index contributed by atoms with van der Waals surface area (Å²) >= 11 is 6.10. The summed E-state index contributed by atoms with van der Waals surface area (Å²) in [7, 11) is 1.89. The molecule has 1 aliphatic rings. The lowest BCUT2D eigenvalue weighted by molar-refractivity contribution is -0.140. The number of anilines is 1. The van der Waals surface area contributed by atoms with Crippen LogP contribution >= 0.6 is 11.6 Å². The first-order valence-electron chi connectivity index (χ1n) is 12.2. The molecule has 1 amide bonds. The van der Waals surface area contributed by atoms with E-state index in [1.807, 2.05) is 37.9 Å². The number of rotatable bonds is 6. The van der Waals surface area contributed by atoms with Crippen molar-refractivity contribution in [1.82, 2.24) is 9.55 Å². The molecule has 1 saturated carbocycles. The second kappa shape index (κ2) is 10.6. The number of aryl methyl sites for hydroxylation is 1. The molecule has 9 heteroatoms. The molecule has 1 fully saturated rings. The van der Waals surface area contributed by atoms with Crippen LogP contribution in [0, 0.1) is 11.8 Å². The van der Waals surface area contributed by atoms with E-state index in [9.17, 15) is 18.0 Å². The van der Waals surface area contributed by atoms with Crippen molar-refractivity contribution in [1.29, 1.82) is 0 Å². The van der Waals surface area contributed by atoms with E-state index in [1.165, 1.54) is 12.1 Å². The van der Waals surface area contributed by atoms with Crippen LogP contribution in [-0.2, 0) is 13.2 Å². The Morgan fingerprint density at radius 2 is 2.06 bits per heavy atom. The van der Waals surface area contributed by atoms with Gasteiger partial charge in [0.15, 0.2) is 0 Å². The van der Waals surface area contributed by atoms with E-state index in [0.717, 1.165) is 37.3 Å². The second-order valence-corrected chi connectivity index (χ2v) is 10.4. The summed E-state index contributed by atoms with van der Waals surface area (Å²) in [6.07, 6.45) is 4.65. The fourth-order valence-corrected chi connectivity index (χ4v) is 5.06. The number of pyridine rings is 1. The number of carbonyl (C=O) groups is 1. The van der Waals surface area contributed by atoms with E-state index in [0.29, 0.717) is 28.2 Å². The normalized spacial score (nSPS) is 18.9. The zero-order chi connectivity index (χ0) is 26.0. The summed E-state index contributed by atoms with van der Waals surface area (Å²) < 4.78 is 42.1. The highest BCUT2D eigenvalue weighted by molar-refractivity contribution is 6.31. The molecule has 2 unspecified atom stereocenters. The molecule has 0 bridgehead atoms. The van der Waals surface area contributed by atoms with Crippen LogP contribution < -0.4 is 5.32 Å². The molecule has 0 radical (unpaired) electrons. The number of hydrogen-bond acceptors (Lipinski definition) is 3. The van der Waals surface area contributed by atoms with Gasteiger partial charge in [-0.15, -0.1) is 0 Å². The molecular weight excluding hydrogens is 489 g/mol. The lowest BCUT2D eigenvalue weighted by Gasteiger charge is -2.27. The lowest BCUT2D eigenvalue weighted by Crippen LogP contribution is -2.23. The van der Waals surface area contributed by atoms with Gasteiger partial charge in [0.25, 0.3) is 5.91 Å². The van der Waals surface area contributed by atoms with Crippen LogP contribution in [0.2, 0.25) is 5.02 Å². The first-order valence-corrected chi connectivity index (χ1v) is 12.5. The monoisotopic (exact) mass is 518 g/mol. The summed E-state index contributed by atoms with van der Waals surface area (Å²) in [6.45, 7) is 4.61. The topological polar surface area (TPSA) is 59.3 Å². The quantitative estimate of drug-likeness (QED) is 0.344. The van der Waals surface area contributed by atoms with E-state index < -0.39 is 11.9 Å². The number of carbonyl (C=O) groups excluding carboxylic acids is 1. The number of aliphatic imine (C=N–C) groups is 1. The van der Waals surface area contributed by atoms with Crippen molar-refractivity contribution in [3.63, 3.8) is 0 Å². The van der Waals surface area contributed by atoms with E-state index in [1.54, 1.807) is 12.3 Å². The van der Waals surface area contributed by atoms with Crippen LogP contribution in [-0.4, -0.2) is 28.2 Å². The Hall–Kier alpha value is -2.87. The Kier molecular flexibility index (Phi) is 7.73. The number of hydrogen-bond donors (Lipinski definition) is 1. The Labute approximate surface area is 213 Å². The zero-order valence-corrected chi connectivity index (χ0v) is 21.3. The third kappa shape index (κ3) is 6.09. The van der Waals surface area contributed by atoms with Crippen molar-refractivity contribution >= 4 is 40.3 Å². The highest BCUT2D eigenvalue weighted by Gasteiger charge is 2.33. The Morgan fingerprint density at radius 1 is 1.28 bits per heavy atom. The summed E-state index contributed by atoms with van der Waals surface area (Å²) in [6, 6.07) is 5.71. The molecule has 4 rings (SSSR count). The van der Waals surface area contributed by atoms with Gasteiger partial charge in [-0.2, -0.15) is 13.2 Å². The van der Waals surface area contributed by atoms with Gasteiger partial charge in [-0.05, 0) is 66.8 Å². The molecule has 5 nitrogen and oxygen atoms in total. The average molecular weight is 519 g/mol. The summed E-state index contributed by atoms with van der Waals surface area (Å²) in [4.78, 5) is 20.8. The van der Waals surface area contributed by atoms with Crippen molar-refractivity contribution < 1.29 is 18.0 Å². The number of fused-ring (bicyclic) bond motifs is 1. The van der Waals surface area contributed by atoms with Crippen LogP contribution in [0.15, 0.2) is 41.7 Å². The fourth-order valence-electron chi connectivity index (χ4n) is 4.88. The second-order valence-electron chi connectivity index (χ2n) is 9.92. The van der Waals surface area contributed by atoms with Gasteiger partial charge < -0.3 is 9.88 Å². The lowest BCUT2D eigenvalue weighted by atomic mass is 9.82. The third-order valence-corrected chi connectivity index (χ3v) is 6.94. The molecule has 1 aliphatic carbocycles. The van der Waals surface area contributed by atoms with Crippen molar-refractivity contribution in [2.24, 2.45) is 23.9 Å². The molecule has 3 aromatic rings. The molecule has 192 valence electrons. The van der Waals surface area contributed by atoms with Crippen LogP contribution in [0.5, 0.6) is 0 Å². The molecule has 0 aliphatic heterocycles. The minimum atomic E-state index is -4.54.